The van der Waals surface area contributed by atoms with Crippen molar-refractivity contribution in [3.63, 3.8) is 0 Å². The number of Topliss-reactive ketones (excluding diaryl/α,β-unsaturated/α-hetero) is 1. The fourth-order valence-electron chi connectivity index (χ4n) is 5.25. The maximum atomic E-state index is 13.8. The van der Waals surface area contributed by atoms with Crippen molar-refractivity contribution in [1.82, 2.24) is 5.32 Å². The normalized spacial score (nSPS) is 19.2. The Balaban J connectivity index is 1.78. The molecule has 37 heavy (non-hydrogen) atoms. The Bertz CT molecular complexity index is 1240. The summed E-state index contributed by atoms with van der Waals surface area (Å²) in [6.45, 7) is 4.53. The first-order valence-corrected chi connectivity index (χ1v) is 12.7. The van der Waals surface area contributed by atoms with Gasteiger partial charge in [-0.15, -0.1) is 0 Å². The van der Waals surface area contributed by atoms with E-state index in [-0.39, 0.29) is 11.7 Å². The van der Waals surface area contributed by atoms with Crippen LogP contribution in [0.25, 0.3) is 0 Å². The van der Waals surface area contributed by atoms with Crippen LogP contribution in [0.15, 0.2) is 65.0 Å². The molecule has 2 unspecified atom stereocenters. The maximum Gasteiger partial charge on any atom is 0.336 e. The van der Waals surface area contributed by atoms with Gasteiger partial charge >= 0.3 is 5.97 Å². The molecular weight excluding hydrogens is 470 g/mol. The van der Waals surface area contributed by atoms with E-state index in [1.54, 1.807) is 14.2 Å². The van der Waals surface area contributed by atoms with Crippen molar-refractivity contribution in [2.75, 3.05) is 27.9 Å². The highest BCUT2D eigenvalue weighted by atomic mass is 16.5. The van der Waals surface area contributed by atoms with Gasteiger partial charge in [-0.2, -0.15) is 0 Å². The third kappa shape index (κ3) is 5.22. The fraction of sp³-hybridized carbons (Fsp3) is 0.400. The predicted octanol–water partition coefficient (Wildman–Crippen LogP) is 5.42. The van der Waals surface area contributed by atoms with Gasteiger partial charge < -0.3 is 24.3 Å². The second-order valence-corrected chi connectivity index (χ2v) is 9.36. The highest BCUT2D eigenvalue weighted by molar-refractivity contribution is 6.04. The first-order valence-electron chi connectivity index (χ1n) is 12.7. The molecule has 0 saturated heterocycles. The van der Waals surface area contributed by atoms with Crippen LogP contribution in [0.1, 0.15) is 62.5 Å². The molecule has 0 fully saturated rings. The number of esters is 1. The molecular formula is C30H35NO6. The number of benzene rings is 2. The number of rotatable bonds is 9. The average molecular weight is 506 g/mol. The number of carbonyl (C=O) groups is 2. The Labute approximate surface area is 218 Å². The summed E-state index contributed by atoms with van der Waals surface area (Å²) in [5.41, 5.74) is 4.35. The van der Waals surface area contributed by atoms with Gasteiger partial charge in [-0.1, -0.05) is 37.6 Å². The van der Waals surface area contributed by atoms with Gasteiger partial charge in [0, 0.05) is 29.0 Å². The average Bonchev–Trinajstić information content (AvgIpc) is 2.91. The van der Waals surface area contributed by atoms with E-state index in [0.29, 0.717) is 53.5 Å². The molecule has 2 aliphatic rings. The quantitative estimate of drug-likeness (QED) is 0.360. The third-order valence-electron chi connectivity index (χ3n) is 7.10. The molecule has 196 valence electrons. The van der Waals surface area contributed by atoms with E-state index >= 15 is 0 Å². The summed E-state index contributed by atoms with van der Waals surface area (Å²) < 4.78 is 22.2. The Hall–Kier alpha value is -3.74. The second kappa shape index (κ2) is 11.5. The van der Waals surface area contributed by atoms with Crippen molar-refractivity contribution < 1.29 is 28.5 Å². The zero-order valence-corrected chi connectivity index (χ0v) is 22.2. The lowest BCUT2D eigenvalue weighted by Crippen LogP contribution is -2.36. The van der Waals surface area contributed by atoms with E-state index in [4.69, 9.17) is 18.9 Å². The Morgan fingerprint density at radius 2 is 1.76 bits per heavy atom. The number of hydrogen-bond acceptors (Lipinski definition) is 7. The summed E-state index contributed by atoms with van der Waals surface area (Å²) in [6.07, 6.45) is 2.86. The number of ketones is 1. The Morgan fingerprint density at radius 3 is 2.46 bits per heavy atom. The van der Waals surface area contributed by atoms with Gasteiger partial charge in [0.15, 0.2) is 17.3 Å². The summed E-state index contributed by atoms with van der Waals surface area (Å²) in [5.74, 6) is 0.881. The molecule has 0 aromatic heterocycles. The van der Waals surface area contributed by atoms with Crippen molar-refractivity contribution in [2.24, 2.45) is 0 Å². The van der Waals surface area contributed by atoms with Crippen LogP contribution in [0.4, 0.5) is 0 Å². The topological polar surface area (TPSA) is 83.1 Å². The molecule has 0 amide bonds. The fourth-order valence-corrected chi connectivity index (χ4v) is 5.25. The molecule has 1 heterocycles. The lowest BCUT2D eigenvalue weighted by atomic mass is 9.71. The zero-order chi connectivity index (χ0) is 26.5. The maximum absolute atomic E-state index is 13.8. The van der Waals surface area contributed by atoms with Gasteiger partial charge in [0.1, 0.15) is 5.75 Å². The number of dihydropyridines is 1. The highest BCUT2D eigenvalue weighted by Crippen LogP contribution is 2.48. The number of unbranched alkanes of at least 4 members (excludes halogenated alkanes) is 1. The van der Waals surface area contributed by atoms with Crippen LogP contribution in [0.3, 0.4) is 0 Å². The molecule has 0 spiro atoms. The summed E-state index contributed by atoms with van der Waals surface area (Å²) in [5, 5.41) is 3.38. The third-order valence-corrected chi connectivity index (χ3v) is 7.10. The summed E-state index contributed by atoms with van der Waals surface area (Å²) >= 11 is 0. The van der Waals surface area contributed by atoms with Crippen LogP contribution < -0.4 is 19.5 Å². The highest BCUT2D eigenvalue weighted by Gasteiger charge is 2.42. The van der Waals surface area contributed by atoms with E-state index in [0.717, 1.165) is 29.7 Å². The lowest BCUT2D eigenvalue weighted by molar-refractivity contribution is -0.136. The molecule has 1 aliphatic carbocycles. The number of ether oxygens (including phenoxy) is 4. The van der Waals surface area contributed by atoms with E-state index in [2.05, 4.69) is 12.2 Å². The summed E-state index contributed by atoms with van der Waals surface area (Å²) in [4.78, 5) is 26.8. The van der Waals surface area contributed by atoms with Gasteiger partial charge in [0.25, 0.3) is 0 Å². The van der Waals surface area contributed by atoms with E-state index < -0.39 is 11.9 Å². The van der Waals surface area contributed by atoms with Crippen molar-refractivity contribution in [3.05, 3.63) is 76.1 Å². The molecule has 0 bridgehead atoms. The van der Waals surface area contributed by atoms with E-state index in [1.165, 1.54) is 7.11 Å². The molecule has 4 rings (SSSR count). The number of nitrogens with one attached hydrogen (secondary N) is 1. The van der Waals surface area contributed by atoms with Gasteiger partial charge in [-0.25, -0.2) is 4.79 Å². The summed E-state index contributed by atoms with van der Waals surface area (Å²) in [7, 11) is 4.57. The minimum atomic E-state index is -0.569. The monoisotopic (exact) mass is 505 g/mol. The number of para-hydroxylation sites is 1. The van der Waals surface area contributed by atoms with Gasteiger partial charge in [-0.05, 0) is 49.4 Å². The second-order valence-electron chi connectivity index (χ2n) is 9.36. The number of hydrogen-bond donors (Lipinski definition) is 1. The van der Waals surface area contributed by atoms with Crippen LogP contribution in [0.2, 0.25) is 0 Å². The predicted molar refractivity (Wildman–Crippen MR) is 141 cm³/mol. The number of allylic oxidation sites excluding steroid dienone is 3. The molecule has 2 aromatic carbocycles. The molecule has 7 nitrogen and oxygen atoms in total. The van der Waals surface area contributed by atoms with Crippen molar-refractivity contribution in [3.8, 4) is 17.2 Å². The minimum absolute atomic E-state index is 0.00389. The molecule has 2 aromatic rings. The van der Waals surface area contributed by atoms with Crippen LogP contribution in [-0.4, -0.2) is 39.7 Å². The largest absolute Gasteiger partial charge is 0.493 e. The minimum Gasteiger partial charge on any atom is -0.493 e. The zero-order valence-electron chi connectivity index (χ0n) is 22.2. The van der Waals surface area contributed by atoms with Crippen LogP contribution in [-0.2, 0) is 14.3 Å². The van der Waals surface area contributed by atoms with Crippen LogP contribution in [0, 0.1) is 0 Å². The molecule has 1 aliphatic heterocycles. The molecule has 7 heteroatoms. The van der Waals surface area contributed by atoms with Gasteiger partial charge in [0.05, 0.1) is 39.4 Å². The molecule has 1 N–H and O–H groups in total. The summed E-state index contributed by atoms with van der Waals surface area (Å²) in [6, 6.07) is 13.4. The van der Waals surface area contributed by atoms with Crippen LogP contribution in [0.5, 0.6) is 17.2 Å². The lowest BCUT2D eigenvalue weighted by Gasteiger charge is -2.37. The smallest absolute Gasteiger partial charge is 0.336 e. The van der Waals surface area contributed by atoms with E-state index in [9.17, 15) is 9.59 Å². The number of methoxy groups -OCH3 is 3. The SMILES string of the molecule is CCCCOc1ccccc1C1C(C(=O)OC)=C(C)NC2=C1C(=O)CC(c1ccc(OC)c(OC)c1)C2. The van der Waals surface area contributed by atoms with Crippen molar-refractivity contribution in [1.29, 1.82) is 0 Å². The van der Waals surface area contributed by atoms with Gasteiger partial charge in [0.2, 0.25) is 0 Å². The van der Waals surface area contributed by atoms with Crippen LogP contribution >= 0.6 is 0 Å². The first-order chi connectivity index (χ1) is 17.9. The molecule has 2 atom stereocenters. The van der Waals surface area contributed by atoms with E-state index in [1.807, 2.05) is 49.4 Å². The number of carbonyl (C=O) groups excluding carboxylic acids is 2. The molecule has 0 radical (unpaired) electrons. The Kier molecular flexibility index (Phi) is 8.21. The molecule has 0 saturated carbocycles. The Morgan fingerprint density at radius 1 is 1.00 bits per heavy atom. The van der Waals surface area contributed by atoms with Gasteiger partial charge in [-0.3, -0.25) is 4.79 Å². The van der Waals surface area contributed by atoms with Crippen molar-refractivity contribution in [2.45, 2.75) is 51.4 Å². The first kappa shape index (κ1) is 26.3. The van der Waals surface area contributed by atoms with Crippen molar-refractivity contribution >= 4 is 11.8 Å². The standard InChI is InChI=1S/C30H35NO6/c1-6-7-14-37-24-11-9-8-10-21(24)28-27(30(33)36-5)18(2)31-22-15-20(16-23(32)29(22)28)19-12-13-25(34-3)26(17-19)35-4/h8-13,17,20,28,31H,6-7,14-16H2,1-5H3.